The number of thiophene rings is 1. The van der Waals surface area contributed by atoms with E-state index in [1.165, 1.54) is 23.5 Å². The van der Waals surface area contributed by atoms with Crippen LogP contribution in [0.1, 0.15) is 47.8 Å². The average molecular weight is 473 g/mol. The number of fused-ring (bicyclic) bond motifs is 3. The molecule has 1 saturated heterocycles. The van der Waals surface area contributed by atoms with E-state index in [-0.39, 0.29) is 11.6 Å². The van der Waals surface area contributed by atoms with Crippen molar-refractivity contribution in [3.05, 3.63) is 52.9 Å². The quantitative estimate of drug-likeness (QED) is 0.505. The summed E-state index contributed by atoms with van der Waals surface area (Å²) in [5.41, 5.74) is 1.54. The molecular weight excluding hydrogens is 447 g/mol. The number of aromatic nitrogens is 3. The van der Waals surface area contributed by atoms with Crippen molar-refractivity contribution < 1.29 is 13.4 Å². The molecule has 0 spiro atoms. The predicted octanol–water partition coefficient (Wildman–Crippen LogP) is 4.11. The van der Waals surface area contributed by atoms with Crippen LogP contribution in [-0.4, -0.2) is 55.0 Å². The fraction of sp³-hybridized carbons (Fsp3) is 0.435. The molecule has 168 valence electrons. The first-order valence-corrected chi connectivity index (χ1v) is 13.2. The molecule has 9 heteroatoms. The monoisotopic (exact) mass is 472 g/mol. The molecule has 1 atom stereocenters. The molecule has 1 unspecified atom stereocenters. The third kappa shape index (κ3) is 4.33. The van der Waals surface area contributed by atoms with Gasteiger partial charge in [0.15, 0.2) is 11.6 Å². The van der Waals surface area contributed by atoms with Crippen molar-refractivity contribution in [2.75, 3.05) is 25.4 Å². The Morgan fingerprint density at radius 1 is 1.12 bits per heavy atom. The van der Waals surface area contributed by atoms with E-state index in [9.17, 15) is 13.4 Å². The number of carbonyl (C=O) groups excluding carboxylic acids is 1. The van der Waals surface area contributed by atoms with Crippen molar-refractivity contribution in [3.63, 3.8) is 0 Å². The number of hydrogen-bond donors (Lipinski definition) is 0. The Morgan fingerprint density at radius 3 is 2.69 bits per heavy atom. The molecule has 5 rings (SSSR count). The zero-order valence-electron chi connectivity index (χ0n) is 17.7. The van der Waals surface area contributed by atoms with E-state index in [0.717, 1.165) is 60.3 Å². The van der Waals surface area contributed by atoms with Crippen LogP contribution in [0.15, 0.2) is 39.9 Å². The van der Waals surface area contributed by atoms with Gasteiger partial charge in [0.2, 0.25) is 0 Å². The highest BCUT2D eigenvalue weighted by Crippen LogP contribution is 2.36. The minimum Gasteiger partial charge on any atom is -0.310 e. The molecule has 2 aliphatic heterocycles. The van der Waals surface area contributed by atoms with E-state index in [1.54, 1.807) is 12.1 Å². The lowest BCUT2D eigenvalue weighted by Crippen LogP contribution is -2.34. The van der Waals surface area contributed by atoms with E-state index in [4.69, 9.17) is 0 Å². The van der Waals surface area contributed by atoms with Gasteiger partial charge in [-0.2, -0.15) is 0 Å². The van der Waals surface area contributed by atoms with Gasteiger partial charge in [0.05, 0.1) is 10.8 Å². The Kier molecular flexibility index (Phi) is 6.30. The van der Waals surface area contributed by atoms with Crippen molar-refractivity contribution in [2.24, 2.45) is 0 Å². The highest BCUT2D eigenvalue weighted by Gasteiger charge is 2.29. The molecule has 0 saturated carbocycles. The van der Waals surface area contributed by atoms with Gasteiger partial charge in [0, 0.05) is 35.8 Å². The van der Waals surface area contributed by atoms with Gasteiger partial charge >= 0.3 is 0 Å². The molecule has 0 amide bonds. The fourth-order valence-corrected chi connectivity index (χ4v) is 7.00. The van der Waals surface area contributed by atoms with Crippen molar-refractivity contribution in [3.8, 4) is 11.4 Å². The number of piperidine rings is 1. The molecule has 1 fully saturated rings. The molecule has 32 heavy (non-hydrogen) atoms. The molecule has 0 radical (unpaired) electrons. The first-order chi connectivity index (χ1) is 15.6. The summed E-state index contributed by atoms with van der Waals surface area (Å²) >= 11 is 1.54. The topological polar surface area (TPSA) is 68.1 Å². The van der Waals surface area contributed by atoms with Gasteiger partial charge in [-0.15, -0.1) is 21.5 Å². The van der Waals surface area contributed by atoms with Crippen molar-refractivity contribution in [1.82, 2.24) is 19.7 Å². The summed E-state index contributed by atoms with van der Waals surface area (Å²) in [5.74, 6) is 2.56. The Bertz CT molecular complexity index is 1130. The molecule has 3 aromatic rings. The number of rotatable bonds is 6. The highest BCUT2D eigenvalue weighted by atomic mass is 32.2. The first kappa shape index (κ1) is 21.6. The Morgan fingerprint density at radius 2 is 1.91 bits per heavy atom. The molecule has 0 bridgehead atoms. The molecule has 0 N–H and O–H groups in total. The summed E-state index contributed by atoms with van der Waals surface area (Å²) in [6, 6.07) is 7.78. The SMILES string of the molecule is O=C(CCCN1CCC(c2nnc3n2CCS(=O)c2sccc2-3)CC1)c1ccc(F)cc1. The summed E-state index contributed by atoms with van der Waals surface area (Å²) < 4.78 is 28.6. The lowest BCUT2D eigenvalue weighted by atomic mass is 9.95. The number of Topliss-reactive ketones (excluding diaryl/α,β-unsaturated/α-hetero) is 1. The Balaban J connectivity index is 1.16. The van der Waals surface area contributed by atoms with Gasteiger partial charge in [-0.3, -0.25) is 9.00 Å². The van der Waals surface area contributed by atoms with Crippen LogP contribution in [0.25, 0.3) is 11.4 Å². The van der Waals surface area contributed by atoms with Crippen LogP contribution in [0, 0.1) is 5.82 Å². The zero-order valence-corrected chi connectivity index (χ0v) is 19.3. The molecule has 1 aromatic carbocycles. The van der Waals surface area contributed by atoms with Crippen LogP contribution < -0.4 is 0 Å². The minimum atomic E-state index is -0.972. The smallest absolute Gasteiger partial charge is 0.166 e. The van der Waals surface area contributed by atoms with E-state index in [2.05, 4.69) is 19.7 Å². The Hall–Kier alpha value is -2.23. The van der Waals surface area contributed by atoms with Crippen LogP contribution >= 0.6 is 11.3 Å². The summed E-state index contributed by atoms with van der Waals surface area (Å²) in [4.78, 5) is 14.7. The third-order valence-corrected chi connectivity index (χ3v) is 9.09. The summed E-state index contributed by atoms with van der Waals surface area (Å²) in [5, 5.41) is 11.0. The number of nitrogens with zero attached hydrogens (tertiary/aromatic N) is 4. The highest BCUT2D eigenvalue weighted by molar-refractivity contribution is 7.87. The number of ketones is 1. The second-order valence-electron chi connectivity index (χ2n) is 8.35. The molecule has 6 nitrogen and oxygen atoms in total. The zero-order chi connectivity index (χ0) is 22.1. The van der Waals surface area contributed by atoms with E-state index in [1.807, 2.05) is 11.4 Å². The van der Waals surface area contributed by atoms with Gasteiger partial charge < -0.3 is 9.47 Å². The Labute approximate surface area is 192 Å². The number of likely N-dealkylation sites (tertiary alicyclic amines) is 1. The minimum absolute atomic E-state index is 0.0659. The standard InChI is InChI=1S/C23H25FN4O2S2/c24-18-5-3-16(4-6-18)20(29)2-1-10-27-11-7-17(8-12-27)21-25-26-22-19-9-14-31-23(19)32(30)15-13-28(21)22/h3-6,9,14,17H,1-2,7-8,10-13,15H2. The number of benzene rings is 1. The van der Waals surface area contributed by atoms with Crippen LogP contribution in [0.3, 0.4) is 0 Å². The lowest BCUT2D eigenvalue weighted by Gasteiger charge is -2.31. The summed E-state index contributed by atoms with van der Waals surface area (Å²) in [7, 11) is -0.972. The second kappa shape index (κ2) is 9.33. The summed E-state index contributed by atoms with van der Waals surface area (Å²) in [6.07, 6.45) is 3.28. The molecule has 0 aliphatic carbocycles. The maximum Gasteiger partial charge on any atom is 0.166 e. The van der Waals surface area contributed by atoms with Crippen molar-refractivity contribution in [2.45, 2.75) is 42.4 Å². The molecular formula is C23H25FN4O2S2. The van der Waals surface area contributed by atoms with Crippen molar-refractivity contribution >= 4 is 27.9 Å². The molecule has 2 aromatic heterocycles. The van der Waals surface area contributed by atoms with Crippen LogP contribution in [0.4, 0.5) is 4.39 Å². The fourth-order valence-electron chi connectivity index (χ4n) is 4.60. The van der Waals surface area contributed by atoms with Gasteiger partial charge in [-0.1, -0.05) is 0 Å². The van der Waals surface area contributed by atoms with Crippen LogP contribution in [-0.2, 0) is 17.3 Å². The normalized spacial score (nSPS) is 19.3. The van der Waals surface area contributed by atoms with Gasteiger partial charge in [-0.05, 0) is 74.6 Å². The van der Waals surface area contributed by atoms with E-state index in [0.29, 0.717) is 30.2 Å². The number of halogens is 1. The van der Waals surface area contributed by atoms with Gasteiger partial charge in [0.1, 0.15) is 15.9 Å². The maximum atomic E-state index is 13.0. The van der Waals surface area contributed by atoms with E-state index >= 15 is 0 Å². The van der Waals surface area contributed by atoms with Crippen LogP contribution in [0.5, 0.6) is 0 Å². The van der Waals surface area contributed by atoms with Crippen molar-refractivity contribution in [1.29, 1.82) is 0 Å². The average Bonchev–Trinajstić information content (AvgIpc) is 3.43. The van der Waals surface area contributed by atoms with Gasteiger partial charge in [-0.25, -0.2) is 4.39 Å². The van der Waals surface area contributed by atoms with Gasteiger partial charge in [0.25, 0.3) is 0 Å². The number of carbonyl (C=O) groups is 1. The molecule has 4 heterocycles. The van der Waals surface area contributed by atoms with E-state index < -0.39 is 10.8 Å². The maximum absolute atomic E-state index is 13.0. The number of hydrogen-bond acceptors (Lipinski definition) is 6. The third-order valence-electron chi connectivity index (χ3n) is 6.35. The lowest BCUT2D eigenvalue weighted by molar-refractivity contribution is 0.0972. The summed E-state index contributed by atoms with van der Waals surface area (Å²) in [6.45, 7) is 3.51. The predicted molar refractivity (Wildman–Crippen MR) is 123 cm³/mol. The largest absolute Gasteiger partial charge is 0.310 e. The molecule has 2 aliphatic rings. The second-order valence-corrected chi connectivity index (χ2v) is 11.0. The first-order valence-electron chi connectivity index (χ1n) is 11.0. The van der Waals surface area contributed by atoms with Crippen LogP contribution in [0.2, 0.25) is 0 Å².